The fraction of sp³-hybridized carbons (Fsp3) is 0.480. The molecule has 2 aromatic carbocycles. The van der Waals surface area contributed by atoms with E-state index < -0.39 is 0 Å². The van der Waals surface area contributed by atoms with Gasteiger partial charge in [-0.2, -0.15) is 0 Å². The van der Waals surface area contributed by atoms with E-state index in [1.54, 1.807) is 0 Å². The summed E-state index contributed by atoms with van der Waals surface area (Å²) in [6, 6.07) is 16.5. The van der Waals surface area contributed by atoms with Crippen molar-refractivity contribution in [1.29, 1.82) is 0 Å². The molecule has 4 rings (SSSR count). The number of nitrogens with one attached hydrogen (secondary N) is 1. The number of fused-ring (bicyclic) bond motifs is 1. The van der Waals surface area contributed by atoms with Crippen LogP contribution >= 0.6 is 0 Å². The van der Waals surface area contributed by atoms with Gasteiger partial charge in [0.05, 0.1) is 0 Å². The highest BCUT2D eigenvalue weighted by Gasteiger charge is 2.32. The summed E-state index contributed by atoms with van der Waals surface area (Å²) < 4.78 is 11.8. The number of carbonyl (C=O) groups excluding carboxylic acids is 1. The smallest absolute Gasteiger partial charge is 0.257 e. The minimum Gasteiger partial charge on any atom is -0.483 e. The van der Waals surface area contributed by atoms with Gasteiger partial charge in [-0.05, 0) is 25.5 Å². The predicted molar refractivity (Wildman–Crippen MR) is 122 cm³/mol. The van der Waals surface area contributed by atoms with Crippen molar-refractivity contribution in [3.05, 3.63) is 59.7 Å². The van der Waals surface area contributed by atoms with Crippen molar-refractivity contribution in [2.45, 2.75) is 32.4 Å². The summed E-state index contributed by atoms with van der Waals surface area (Å²) in [5, 5.41) is 2.98. The third kappa shape index (κ3) is 5.99. The molecule has 0 aliphatic carbocycles. The molecule has 166 valence electrons. The fourth-order valence-electron chi connectivity index (χ4n) is 4.26. The highest BCUT2D eigenvalue weighted by molar-refractivity contribution is 5.77. The van der Waals surface area contributed by atoms with Gasteiger partial charge in [-0.1, -0.05) is 42.5 Å². The van der Waals surface area contributed by atoms with Crippen LogP contribution in [0.1, 0.15) is 25.0 Å². The Labute approximate surface area is 185 Å². The quantitative estimate of drug-likeness (QED) is 0.708. The lowest BCUT2D eigenvalue weighted by molar-refractivity contribution is -0.123. The Morgan fingerprint density at radius 1 is 1.03 bits per heavy atom. The van der Waals surface area contributed by atoms with Crippen LogP contribution in [0.4, 0.5) is 0 Å². The van der Waals surface area contributed by atoms with Gasteiger partial charge in [0.15, 0.2) is 18.1 Å². The van der Waals surface area contributed by atoms with Crippen LogP contribution in [-0.2, 0) is 17.8 Å². The third-order valence-electron chi connectivity index (χ3n) is 5.88. The van der Waals surface area contributed by atoms with Gasteiger partial charge in [-0.15, -0.1) is 0 Å². The molecule has 0 atom stereocenters. The van der Waals surface area contributed by atoms with Crippen LogP contribution in [0.25, 0.3) is 0 Å². The lowest BCUT2D eigenvalue weighted by Gasteiger charge is -2.34. The van der Waals surface area contributed by atoms with E-state index in [1.807, 2.05) is 12.1 Å². The minimum absolute atomic E-state index is 0.00505. The van der Waals surface area contributed by atoms with Crippen molar-refractivity contribution < 1.29 is 14.3 Å². The maximum Gasteiger partial charge on any atom is 0.257 e. The van der Waals surface area contributed by atoms with Gasteiger partial charge in [-0.3, -0.25) is 14.6 Å². The van der Waals surface area contributed by atoms with Gasteiger partial charge in [0, 0.05) is 57.8 Å². The molecule has 31 heavy (non-hydrogen) atoms. The summed E-state index contributed by atoms with van der Waals surface area (Å²) in [6.45, 7) is 10.8. The van der Waals surface area contributed by atoms with Gasteiger partial charge < -0.3 is 14.8 Å². The zero-order valence-corrected chi connectivity index (χ0v) is 18.6. The van der Waals surface area contributed by atoms with Gasteiger partial charge in [0.1, 0.15) is 5.60 Å². The maximum atomic E-state index is 12.2. The van der Waals surface area contributed by atoms with Crippen LogP contribution < -0.4 is 14.8 Å². The van der Waals surface area contributed by atoms with E-state index in [-0.39, 0.29) is 18.1 Å². The second kappa shape index (κ2) is 9.71. The molecule has 0 saturated carbocycles. The molecule has 1 amide bonds. The highest BCUT2D eigenvalue weighted by atomic mass is 16.5. The normalized spacial score (nSPS) is 18.3. The number of rotatable bonds is 8. The number of para-hydroxylation sites is 1. The number of nitrogens with zero attached hydrogens (tertiary/aromatic N) is 2. The molecule has 0 unspecified atom stereocenters. The molecule has 0 aromatic heterocycles. The molecule has 0 spiro atoms. The Morgan fingerprint density at radius 3 is 2.55 bits per heavy atom. The van der Waals surface area contributed by atoms with E-state index in [0.717, 1.165) is 57.0 Å². The lowest BCUT2D eigenvalue weighted by atomic mass is 10.0. The van der Waals surface area contributed by atoms with Crippen molar-refractivity contribution in [2.24, 2.45) is 0 Å². The van der Waals surface area contributed by atoms with Crippen LogP contribution in [0.15, 0.2) is 48.5 Å². The molecular formula is C25H33N3O3. The minimum atomic E-state index is -0.227. The summed E-state index contributed by atoms with van der Waals surface area (Å²) >= 11 is 0. The van der Waals surface area contributed by atoms with Crippen molar-refractivity contribution in [3.63, 3.8) is 0 Å². The zero-order valence-electron chi connectivity index (χ0n) is 18.6. The molecule has 1 saturated heterocycles. The second-order valence-corrected chi connectivity index (χ2v) is 9.02. The van der Waals surface area contributed by atoms with Crippen LogP contribution in [-0.4, -0.2) is 67.2 Å². The average molecular weight is 424 g/mol. The fourth-order valence-corrected chi connectivity index (χ4v) is 4.26. The van der Waals surface area contributed by atoms with E-state index in [0.29, 0.717) is 12.3 Å². The summed E-state index contributed by atoms with van der Waals surface area (Å²) in [5.41, 5.74) is 2.27. The first-order valence-electron chi connectivity index (χ1n) is 11.2. The van der Waals surface area contributed by atoms with Crippen molar-refractivity contribution in [2.75, 3.05) is 45.9 Å². The van der Waals surface area contributed by atoms with Crippen molar-refractivity contribution in [3.8, 4) is 11.5 Å². The molecule has 0 bridgehead atoms. The number of hydrogen-bond donors (Lipinski definition) is 1. The zero-order chi connectivity index (χ0) is 21.7. The summed E-state index contributed by atoms with van der Waals surface area (Å²) in [4.78, 5) is 17.1. The van der Waals surface area contributed by atoms with Gasteiger partial charge in [0.25, 0.3) is 5.91 Å². The second-order valence-electron chi connectivity index (χ2n) is 9.02. The van der Waals surface area contributed by atoms with Crippen molar-refractivity contribution >= 4 is 5.91 Å². The van der Waals surface area contributed by atoms with E-state index in [1.165, 1.54) is 5.56 Å². The Balaban J connectivity index is 1.13. The molecule has 2 aromatic rings. The van der Waals surface area contributed by atoms with Crippen LogP contribution in [0.5, 0.6) is 11.5 Å². The first-order valence-corrected chi connectivity index (χ1v) is 11.2. The molecular weight excluding hydrogens is 390 g/mol. The lowest BCUT2D eigenvalue weighted by Crippen LogP contribution is -2.48. The summed E-state index contributed by atoms with van der Waals surface area (Å²) in [5.74, 6) is 1.32. The number of hydrogen-bond acceptors (Lipinski definition) is 5. The Bertz CT molecular complexity index is 877. The molecule has 2 aliphatic heterocycles. The number of benzene rings is 2. The number of amides is 1. The van der Waals surface area contributed by atoms with Gasteiger partial charge >= 0.3 is 0 Å². The molecule has 1 fully saturated rings. The third-order valence-corrected chi connectivity index (χ3v) is 5.88. The van der Waals surface area contributed by atoms with E-state index in [4.69, 9.17) is 9.47 Å². The van der Waals surface area contributed by atoms with Gasteiger partial charge in [0.2, 0.25) is 0 Å². The molecule has 0 radical (unpaired) electrons. The number of ether oxygens (including phenoxy) is 2. The van der Waals surface area contributed by atoms with Crippen molar-refractivity contribution in [1.82, 2.24) is 15.1 Å². The molecule has 6 nitrogen and oxygen atoms in total. The molecule has 2 heterocycles. The number of piperazine rings is 1. The average Bonchev–Trinajstić information content (AvgIpc) is 3.08. The maximum absolute atomic E-state index is 12.2. The first kappa shape index (κ1) is 21.7. The SMILES string of the molecule is CC1(C)Cc2cccc(OCC(=O)NCCN3CCN(Cc4ccccc4)CC3)c2O1. The Hall–Kier alpha value is -2.57. The Kier molecular flexibility index (Phi) is 6.78. The highest BCUT2D eigenvalue weighted by Crippen LogP contribution is 2.41. The molecule has 1 N–H and O–H groups in total. The monoisotopic (exact) mass is 423 g/mol. The van der Waals surface area contributed by atoms with Gasteiger partial charge in [-0.25, -0.2) is 0 Å². The van der Waals surface area contributed by atoms with E-state index in [9.17, 15) is 4.79 Å². The summed E-state index contributed by atoms with van der Waals surface area (Å²) in [7, 11) is 0. The summed E-state index contributed by atoms with van der Waals surface area (Å²) in [6.07, 6.45) is 0.852. The Morgan fingerprint density at radius 2 is 1.77 bits per heavy atom. The van der Waals surface area contributed by atoms with E-state index in [2.05, 4.69) is 65.4 Å². The standard InChI is InChI=1S/C25H33N3O3/c1-25(2)17-21-9-6-10-22(24(21)31-25)30-19-23(29)26-11-12-27-13-15-28(16-14-27)18-20-7-4-3-5-8-20/h3-10H,11-19H2,1-2H3,(H,26,29). The molecule has 2 aliphatic rings. The van der Waals surface area contributed by atoms with Crippen LogP contribution in [0, 0.1) is 0 Å². The first-order chi connectivity index (χ1) is 15.0. The molecule has 6 heteroatoms. The van der Waals surface area contributed by atoms with Crippen LogP contribution in [0.2, 0.25) is 0 Å². The largest absolute Gasteiger partial charge is 0.483 e. The predicted octanol–water partition coefficient (Wildman–Crippen LogP) is 2.71. The van der Waals surface area contributed by atoms with Crippen LogP contribution in [0.3, 0.4) is 0 Å². The number of carbonyl (C=O) groups is 1. The van der Waals surface area contributed by atoms with E-state index >= 15 is 0 Å². The topological polar surface area (TPSA) is 54.0 Å².